The molecular formula is C13H23NO4. The lowest BCUT2D eigenvalue weighted by Gasteiger charge is -2.33. The molecule has 0 saturated carbocycles. The van der Waals surface area contributed by atoms with Crippen molar-refractivity contribution in [3.05, 3.63) is 0 Å². The van der Waals surface area contributed by atoms with Crippen LogP contribution in [-0.2, 0) is 14.3 Å². The Morgan fingerprint density at radius 2 is 1.83 bits per heavy atom. The second-order valence-electron chi connectivity index (χ2n) is 5.45. The maximum Gasteiger partial charge on any atom is 0.311 e. The van der Waals surface area contributed by atoms with E-state index in [2.05, 4.69) is 5.32 Å². The average molecular weight is 257 g/mol. The van der Waals surface area contributed by atoms with Gasteiger partial charge < -0.3 is 15.2 Å². The van der Waals surface area contributed by atoms with Crippen molar-refractivity contribution >= 4 is 11.9 Å². The van der Waals surface area contributed by atoms with Crippen LogP contribution in [0.5, 0.6) is 0 Å². The molecule has 2 N–H and O–H groups in total. The van der Waals surface area contributed by atoms with Gasteiger partial charge in [-0.15, -0.1) is 0 Å². The third kappa shape index (κ3) is 3.45. The molecule has 5 heteroatoms. The predicted molar refractivity (Wildman–Crippen MR) is 67.1 cm³/mol. The summed E-state index contributed by atoms with van der Waals surface area (Å²) in [6, 6.07) is 0. The molecule has 1 fully saturated rings. The zero-order valence-electron chi connectivity index (χ0n) is 11.4. The highest BCUT2D eigenvalue weighted by molar-refractivity contribution is 5.80. The van der Waals surface area contributed by atoms with Gasteiger partial charge >= 0.3 is 5.97 Å². The van der Waals surface area contributed by atoms with Gasteiger partial charge in [-0.25, -0.2) is 0 Å². The fourth-order valence-corrected chi connectivity index (χ4v) is 1.95. The maximum atomic E-state index is 11.9. The summed E-state index contributed by atoms with van der Waals surface area (Å²) >= 11 is 0. The van der Waals surface area contributed by atoms with E-state index < -0.39 is 11.4 Å². The third-order valence-electron chi connectivity index (χ3n) is 3.92. The van der Waals surface area contributed by atoms with E-state index in [1.807, 2.05) is 20.8 Å². The van der Waals surface area contributed by atoms with Crippen LogP contribution in [0.25, 0.3) is 0 Å². The molecule has 1 rings (SSSR count). The SMILES string of the molecule is CC(C)C(C)C(=O)NCC1(C(=O)O)CCOCC1. The number of carboxylic acid groups (broad SMARTS) is 1. The Morgan fingerprint density at radius 3 is 2.28 bits per heavy atom. The number of rotatable bonds is 5. The maximum absolute atomic E-state index is 11.9. The topological polar surface area (TPSA) is 75.6 Å². The van der Waals surface area contributed by atoms with E-state index in [4.69, 9.17) is 4.74 Å². The zero-order valence-corrected chi connectivity index (χ0v) is 11.4. The van der Waals surface area contributed by atoms with Crippen molar-refractivity contribution < 1.29 is 19.4 Å². The van der Waals surface area contributed by atoms with Gasteiger partial charge in [-0.1, -0.05) is 20.8 Å². The molecule has 1 aliphatic rings. The Kier molecular flexibility index (Phi) is 5.14. The normalized spacial score (nSPS) is 20.4. The molecular weight excluding hydrogens is 234 g/mol. The molecule has 0 bridgehead atoms. The van der Waals surface area contributed by atoms with Crippen LogP contribution in [0.1, 0.15) is 33.6 Å². The Labute approximate surface area is 108 Å². The number of amides is 1. The van der Waals surface area contributed by atoms with E-state index >= 15 is 0 Å². The average Bonchev–Trinajstić information content (AvgIpc) is 2.35. The van der Waals surface area contributed by atoms with Gasteiger partial charge in [-0.3, -0.25) is 9.59 Å². The summed E-state index contributed by atoms with van der Waals surface area (Å²) in [6.45, 7) is 6.90. The predicted octanol–water partition coefficient (Wildman–Crippen LogP) is 1.28. The number of hydrogen-bond donors (Lipinski definition) is 2. The number of carboxylic acids is 1. The van der Waals surface area contributed by atoms with Gasteiger partial charge in [0.2, 0.25) is 5.91 Å². The first-order valence-electron chi connectivity index (χ1n) is 6.48. The highest BCUT2D eigenvalue weighted by Gasteiger charge is 2.40. The molecule has 1 heterocycles. The first kappa shape index (κ1) is 15.0. The minimum absolute atomic E-state index is 0.0721. The van der Waals surface area contributed by atoms with Crippen LogP contribution in [0.15, 0.2) is 0 Å². The number of ether oxygens (including phenoxy) is 1. The quantitative estimate of drug-likeness (QED) is 0.778. The number of carbonyl (C=O) groups excluding carboxylic acids is 1. The first-order chi connectivity index (χ1) is 8.39. The smallest absolute Gasteiger partial charge is 0.311 e. The van der Waals surface area contributed by atoms with Crippen LogP contribution < -0.4 is 5.32 Å². The van der Waals surface area contributed by atoms with E-state index in [1.165, 1.54) is 0 Å². The van der Waals surface area contributed by atoms with Crippen molar-refractivity contribution in [1.82, 2.24) is 5.32 Å². The molecule has 0 aromatic heterocycles. The van der Waals surface area contributed by atoms with E-state index in [-0.39, 0.29) is 24.3 Å². The van der Waals surface area contributed by atoms with Crippen molar-refractivity contribution in [2.24, 2.45) is 17.3 Å². The van der Waals surface area contributed by atoms with Crippen LogP contribution in [-0.4, -0.2) is 36.7 Å². The first-order valence-corrected chi connectivity index (χ1v) is 6.48. The molecule has 1 saturated heterocycles. The monoisotopic (exact) mass is 257 g/mol. The molecule has 0 radical (unpaired) electrons. The minimum Gasteiger partial charge on any atom is -0.481 e. The third-order valence-corrected chi connectivity index (χ3v) is 3.92. The van der Waals surface area contributed by atoms with Gasteiger partial charge in [0.25, 0.3) is 0 Å². The molecule has 104 valence electrons. The van der Waals surface area contributed by atoms with Crippen LogP contribution >= 0.6 is 0 Å². The molecule has 1 amide bonds. The lowest BCUT2D eigenvalue weighted by atomic mass is 9.80. The van der Waals surface area contributed by atoms with Crippen molar-refractivity contribution in [2.45, 2.75) is 33.6 Å². The minimum atomic E-state index is -0.857. The molecule has 0 aliphatic carbocycles. The summed E-state index contributed by atoms with van der Waals surface area (Å²) in [5.41, 5.74) is -0.857. The van der Waals surface area contributed by atoms with E-state index in [0.29, 0.717) is 26.1 Å². The summed E-state index contributed by atoms with van der Waals surface area (Å²) < 4.78 is 5.19. The Morgan fingerprint density at radius 1 is 1.28 bits per heavy atom. The summed E-state index contributed by atoms with van der Waals surface area (Å²) in [4.78, 5) is 23.2. The molecule has 0 aromatic carbocycles. The number of aliphatic carboxylic acids is 1. The van der Waals surface area contributed by atoms with Gasteiger partial charge in [-0.2, -0.15) is 0 Å². The lowest BCUT2D eigenvalue weighted by molar-refractivity contribution is -0.154. The summed E-state index contributed by atoms with van der Waals surface area (Å²) in [5.74, 6) is -0.767. The number of carbonyl (C=O) groups is 2. The lowest BCUT2D eigenvalue weighted by Crippen LogP contribution is -2.47. The van der Waals surface area contributed by atoms with Gasteiger partial charge in [0.15, 0.2) is 0 Å². The van der Waals surface area contributed by atoms with Crippen LogP contribution in [0, 0.1) is 17.3 Å². The zero-order chi connectivity index (χ0) is 13.8. The van der Waals surface area contributed by atoms with Crippen molar-refractivity contribution in [1.29, 1.82) is 0 Å². The number of hydrogen-bond acceptors (Lipinski definition) is 3. The van der Waals surface area contributed by atoms with Gasteiger partial charge in [0, 0.05) is 25.7 Å². The highest BCUT2D eigenvalue weighted by Crippen LogP contribution is 2.30. The standard InChI is InChI=1S/C13H23NO4/c1-9(2)10(3)11(15)14-8-13(12(16)17)4-6-18-7-5-13/h9-10H,4-8H2,1-3H3,(H,14,15)(H,16,17). The van der Waals surface area contributed by atoms with Gasteiger partial charge in [-0.05, 0) is 18.8 Å². The second-order valence-corrected chi connectivity index (χ2v) is 5.45. The van der Waals surface area contributed by atoms with Gasteiger partial charge in [0.1, 0.15) is 0 Å². The van der Waals surface area contributed by atoms with E-state index in [9.17, 15) is 14.7 Å². The molecule has 0 aromatic rings. The Hall–Kier alpha value is -1.10. The molecule has 18 heavy (non-hydrogen) atoms. The molecule has 1 atom stereocenters. The van der Waals surface area contributed by atoms with Crippen molar-refractivity contribution in [2.75, 3.05) is 19.8 Å². The van der Waals surface area contributed by atoms with Crippen molar-refractivity contribution in [3.63, 3.8) is 0 Å². The van der Waals surface area contributed by atoms with Crippen LogP contribution in [0.4, 0.5) is 0 Å². The van der Waals surface area contributed by atoms with Crippen LogP contribution in [0.3, 0.4) is 0 Å². The molecule has 1 unspecified atom stereocenters. The summed E-state index contributed by atoms with van der Waals surface area (Å²) in [5, 5.41) is 12.1. The Balaban J connectivity index is 2.58. The Bertz CT molecular complexity index is 308. The highest BCUT2D eigenvalue weighted by atomic mass is 16.5. The fourth-order valence-electron chi connectivity index (χ4n) is 1.95. The second kappa shape index (κ2) is 6.18. The molecule has 0 spiro atoms. The molecule has 5 nitrogen and oxygen atoms in total. The summed E-state index contributed by atoms with van der Waals surface area (Å²) in [7, 11) is 0. The number of nitrogens with one attached hydrogen (secondary N) is 1. The van der Waals surface area contributed by atoms with Crippen molar-refractivity contribution in [3.8, 4) is 0 Å². The van der Waals surface area contributed by atoms with E-state index in [1.54, 1.807) is 0 Å². The van der Waals surface area contributed by atoms with Gasteiger partial charge in [0.05, 0.1) is 5.41 Å². The largest absolute Gasteiger partial charge is 0.481 e. The summed E-state index contributed by atoms with van der Waals surface area (Å²) in [6.07, 6.45) is 0.914. The van der Waals surface area contributed by atoms with Crippen LogP contribution in [0.2, 0.25) is 0 Å². The molecule has 1 aliphatic heterocycles. The van der Waals surface area contributed by atoms with E-state index in [0.717, 1.165) is 0 Å². The fraction of sp³-hybridized carbons (Fsp3) is 0.846.